The lowest BCUT2D eigenvalue weighted by molar-refractivity contribution is -0.120. The molecular formula is C15H24N2O2. The SMILES string of the molecule is COc1ccccc1CC(=O)NCCCCN(C)C. The van der Waals surface area contributed by atoms with Crippen molar-refractivity contribution >= 4 is 5.91 Å². The smallest absolute Gasteiger partial charge is 0.224 e. The van der Waals surface area contributed by atoms with Crippen LogP contribution in [0.2, 0.25) is 0 Å². The maximum Gasteiger partial charge on any atom is 0.224 e. The predicted molar refractivity (Wildman–Crippen MR) is 77.5 cm³/mol. The monoisotopic (exact) mass is 264 g/mol. The maximum atomic E-state index is 11.8. The zero-order valence-electron chi connectivity index (χ0n) is 12.1. The Kier molecular flexibility index (Phi) is 6.97. The Morgan fingerprint density at radius 1 is 1.26 bits per heavy atom. The summed E-state index contributed by atoms with van der Waals surface area (Å²) in [4.78, 5) is 14.0. The van der Waals surface area contributed by atoms with Crippen molar-refractivity contribution in [1.82, 2.24) is 10.2 Å². The minimum Gasteiger partial charge on any atom is -0.496 e. The molecule has 0 saturated carbocycles. The molecule has 1 rings (SSSR count). The van der Waals surface area contributed by atoms with Crippen LogP contribution in [0.15, 0.2) is 24.3 Å². The van der Waals surface area contributed by atoms with Crippen LogP contribution in [0.3, 0.4) is 0 Å². The van der Waals surface area contributed by atoms with Crippen LogP contribution < -0.4 is 10.1 Å². The van der Waals surface area contributed by atoms with Crippen LogP contribution in [0.25, 0.3) is 0 Å². The first-order valence-electron chi connectivity index (χ1n) is 6.67. The Morgan fingerprint density at radius 3 is 2.68 bits per heavy atom. The van der Waals surface area contributed by atoms with Gasteiger partial charge in [-0.1, -0.05) is 18.2 Å². The van der Waals surface area contributed by atoms with Crippen molar-refractivity contribution in [3.63, 3.8) is 0 Å². The number of carbonyl (C=O) groups is 1. The Balaban J connectivity index is 2.27. The van der Waals surface area contributed by atoms with Crippen LogP contribution in [0, 0.1) is 0 Å². The van der Waals surface area contributed by atoms with Gasteiger partial charge in [-0.05, 0) is 39.5 Å². The van der Waals surface area contributed by atoms with Gasteiger partial charge in [0.15, 0.2) is 0 Å². The van der Waals surface area contributed by atoms with E-state index < -0.39 is 0 Å². The van der Waals surface area contributed by atoms with Gasteiger partial charge in [-0.25, -0.2) is 0 Å². The summed E-state index contributed by atoms with van der Waals surface area (Å²) in [5, 5.41) is 2.94. The van der Waals surface area contributed by atoms with E-state index in [1.807, 2.05) is 24.3 Å². The fourth-order valence-electron chi connectivity index (χ4n) is 1.87. The van der Waals surface area contributed by atoms with E-state index in [1.54, 1.807) is 7.11 Å². The second-order valence-electron chi connectivity index (χ2n) is 4.85. The fourth-order valence-corrected chi connectivity index (χ4v) is 1.87. The van der Waals surface area contributed by atoms with E-state index in [1.165, 1.54) is 0 Å². The van der Waals surface area contributed by atoms with E-state index in [2.05, 4.69) is 24.3 Å². The van der Waals surface area contributed by atoms with Gasteiger partial charge in [-0.15, -0.1) is 0 Å². The summed E-state index contributed by atoms with van der Waals surface area (Å²) in [6.07, 6.45) is 2.48. The molecule has 0 saturated heterocycles. The maximum absolute atomic E-state index is 11.8. The Hall–Kier alpha value is -1.55. The number of nitrogens with one attached hydrogen (secondary N) is 1. The van der Waals surface area contributed by atoms with Crippen LogP contribution in [0.4, 0.5) is 0 Å². The molecule has 0 radical (unpaired) electrons. The summed E-state index contributed by atoms with van der Waals surface area (Å²) in [5.74, 6) is 0.819. The molecule has 0 atom stereocenters. The molecule has 1 N–H and O–H groups in total. The van der Waals surface area contributed by atoms with E-state index in [9.17, 15) is 4.79 Å². The molecule has 0 heterocycles. The Morgan fingerprint density at radius 2 is 2.00 bits per heavy atom. The Labute approximate surface area is 115 Å². The number of amides is 1. The summed E-state index contributed by atoms with van der Waals surface area (Å²) in [5.41, 5.74) is 0.927. The molecule has 0 bridgehead atoms. The van der Waals surface area contributed by atoms with Gasteiger partial charge in [0.05, 0.1) is 13.5 Å². The third kappa shape index (κ3) is 6.25. The van der Waals surface area contributed by atoms with Gasteiger partial charge in [0.25, 0.3) is 0 Å². The quantitative estimate of drug-likeness (QED) is 0.727. The molecule has 106 valence electrons. The van der Waals surface area contributed by atoms with Crippen LogP contribution in [0.5, 0.6) is 5.75 Å². The van der Waals surface area contributed by atoms with E-state index in [4.69, 9.17) is 4.74 Å². The standard InChI is InChI=1S/C15H24N2O2/c1-17(2)11-7-6-10-16-15(18)12-13-8-4-5-9-14(13)19-3/h4-5,8-9H,6-7,10-12H2,1-3H3,(H,16,18). The molecule has 1 amide bonds. The largest absolute Gasteiger partial charge is 0.496 e. The topological polar surface area (TPSA) is 41.6 Å². The van der Waals surface area contributed by atoms with Gasteiger partial charge >= 0.3 is 0 Å². The molecule has 0 aliphatic carbocycles. The fraction of sp³-hybridized carbons (Fsp3) is 0.533. The molecule has 0 unspecified atom stereocenters. The number of rotatable bonds is 8. The van der Waals surface area contributed by atoms with Crippen LogP contribution >= 0.6 is 0 Å². The molecule has 0 aliphatic rings. The highest BCUT2D eigenvalue weighted by Crippen LogP contribution is 2.17. The predicted octanol–water partition coefficient (Wildman–Crippen LogP) is 1.70. The number of para-hydroxylation sites is 1. The van der Waals surface area contributed by atoms with E-state index in [0.29, 0.717) is 6.42 Å². The summed E-state index contributed by atoms with van der Waals surface area (Å²) in [7, 11) is 5.73. The van der Waals surface area contributed by atoms with Crippen molar-refractivity contribution in [3.8, 4) is 5.75 Å². The number of carbonyl (C=O) groups excluding carboxylic acids is 1. The Bertz CT molecular complexity index is 391. The number of ether oxygens (including phenoxy) is 1. The minimum absolute atomic E-state index is 0.0503. The molecule has 0 aliphatic heterocycles. The van der Waals surface area contributed by atoms with E-state index in [0.717, 1.165) is 37.2 Å². The molecule has 0 spiro atoms. The molecule has 19 heavy (non-hydrogen) atoms. The van der Waals surface area contributed by atoms with Crippen molar-refractivity contribution in [3.05, 3.63) is 29.8 Å². The average Bonchev–Trinajstić information content (AvgIpc) is 2.38. The van der Waals surface area contributed by atoms with Crippen LogP contribution in [-0.2, 0) is 11.2 Å². The first-order chi connectivity index (χ1) is 9.13. The normalized spacial score (nSPS) is 10.5. The van der Waals surface area contributed by atoms with E-state index >= 15 is 0 Å². The first-order valence-corrected chi connectivity index (χ1v) is 6.67. The second-order valence-corrected chi connectivity index (χ2v) is 4.85. The van der Waals surface area contributed by atoms with Crippen LogP contribution in [0.1, 0.15) is 18.4 Å². The van der Waals surface area contributed by atoms with Gasteiger partial charge in [0.1, 0.15) is 5.75 Å². The average molecular weight is 264 g/mol. The third-order valence-electron chi connectivity index (χ3n) is 2.90. The second kappa shape index (κ2) is 8.53. The lowest BCUT2D eigenvalue weighted by Gasteiger charge is -2.10. The number of nitrogens with zero attached hydrogens (tertiary/aromatic N) is 1. The van der Waals surface area contributed by atoms with E-state index in [-0.39, 0.29) is 5.91 Å². The van der Waals surface area contributed by atoms with Gasteiger partial charge in [-0.3, -0.25) is 4.79 Å². The molecular weight excluding hydrogens is 240 g/mol. The van der Waals surface area contributed by atoms with Crippen molar-refractivity contribution in [2.75, 3.05) is 34.3 Å². The third-order valence-corrected chi connectivity index (χ3v) is 2.90. The molecule has 1 aromatic carbocycles. The highest BCUT2D eigenvalue weighted by Gasteiger charge is 2.07. The summed E-state index contributed by atoms with van der Waals surface area (Å²) in [6, 6.07) is 7.62. The molecule has 0 aromatic heterocycles. The lowest BCUT2D eigenvalue weighted by Crippen LogP contribution is -2.26. The minimum atomic E-state index is 0.0503. The van der Waals surface area contributed by atoms with Gasteiger partial charge in [0.2, 0.25) is 5.91 Å². The molecule has 0 fully saturated rings. The summed E-state index contributed by atoms with van der Waals surface area (Å²) < 4.78 is 5.23. The summed E-state index contributed by atoms with van der Waals surface area (Å²) >= 11 is 0. The van der Waals surface area contributed by atoms with Crippen molar-refractivity contribution in [1.29, 1.82) is 0 Å². The molecule has 4 heteroatoms. The zero-order valence-corrected chi connectivity index (χ0v) is 12.1. The van der Waals surface area contributed by atoms with Crippen molar-refractivity contribution in [2.45, 2.75) is 19.3 Å². The number of unbranched alkanes of at least 4 members (excludes halogenated alkanes) is 1. The number of hydrogen-bond donors (Lipinski definition) is 1. The number of benzene rings is 1. The van der Waals surface area contributed by atoms with Crippen molar-refractivity contribution in [2.24, 2.45) is 0 Å². The van der Waals surface area contributed by atoms with Gasteiger partial charge in [0, 0.05) is 12.1 Å². The highest BCUT2D eigenvalue weighted by atomic mass is 16.5. The first kappa shape index (κ1) is 15.5. The van der Waals surface area contributed by atoms with Crippen molar-refractivity contribution < 1.29 is 9.53 Å². The summed E-state index contributed by atoms with van der Waals surface area (Å²) in [6.45, 7) is 1.80. The number of methoxy groups -OCH3 is 1. The lowest BCUT2D eigenvalue weighted by atomic mass is 10.1. The van der Waals surface area contributed by atoms with Gasteiger partial charge in [-0.2, -0.15) is 0 Å². The highest BCUT2D eigenvalue weighted by molar-refractivity contribution is 5.79. The van der Waals surface area contributed by atoms with Gasteiger partial charge < -0.3 is 15.0 Å². The van der Waals surface area contributed by atoms with Crippen LogP contribution in [-0.4, -0.2) is 45.1 Å². The molecule has 1 aromatic rings. The zero-order chi connectivity index (χ0) is 14.1. The molecule has 4 nitrogen and oxygen atoms in total. The number of hydrogen-bond acceptors (Lipinski definition) is 3.